The summed E-state index contributed by atoms with van der Waals surface area (Å²) >= 11 is 0. The average Bonchev–Trinajstić information content (AvgIpc) is 2.53. The van der Waals surface area contributed by atoms with Crippen LogP contribution in [0.25, 0.3) is 11.5 Å². The van der Waals surface area contributed by atoms with Crippen molar-refractivity contribution < 1.29 is 4.52 Å². The van der Waals surface area contributed by atoms with Gasteiger partial charge in [0.2, 0.25) is 0 Å². The topological polar surface area (TPSA) is 64.9 Å². The standard InChI is InChI=1S/C9H9N3O.ClH/c1-6-11-9(13-12-6)7-2-4-8(10)5-3-7;/h2-5H,10H2,1H3;1H. The minimum Gasteiger partial charge on any atom is -0.399 e. The number of nitrogens with two attached hydrogens (primary N) is 1. The van der Waals surface area contributed by atoms with Crippen LogP contribution in [0.1, 0.15) is 5.82 Å². The van der Waals surface area contributed by atoms with E-state index in [0.717, 1.165) is 11.3 Å². The third-order valence-electron chi connectivity index (χ3n) is 1.69. The zero-order valence-corrected chi connectivity index (χ0v) is 8.41. The second kappa shape index (κ2) is 4.11. The number of benzene rings is 1. The molecule has 0 atom stereocenters. The van der Waals surface area contributed by atoms with Crippen LogP contribution in [0.15, 0.2) is 28.8 Å². The maximum atomic E-state index is 5.54. The van der Waals surface area contributed by atoms with Crippen LogP contribution in [0, 0.1) is 6.92 Å². The van der Waals surface area contributed by atoms with Gasteiger partial charge >= 0.3 is 0 Å². The molecule has 0 unspecified atom stereocenters. The van der Waals surface area contributed by atoms with Gasteiger partial charge in [-0.05, 0) is 31.2 Å². The van der Waals surface area contributed by atoms with Gasteiger partial charge in [-0.1, -0.05) is 5.16 Å². The Kier molecular flexibility index (Phi) is 3.09. The molecular formula is C9H10ClN3O. The van der Waals surface area contributed by atoms with Crippen LogP contribution < -0.4 is 5.73 Å². The molecule has 0 fully saturated rings. The first-order valence-corrected chi connectivity index (χ1v) is 3.92. The fourth-order valence-electron chi connectivity index (χ4n) is 1.04. The number of hydrogen-bond acceptors (Lipinski definition) is 4. The summed E-state index contributed by atoms with van der Waals surface area (Å²) < 4.78 is 4.99. The van der Waals surface area contributed by atoms with Gasteiger partial charge in [-0.2, -0.15) is 4.98 Å². The van der Waals surface area contributed by atoms with Crippen molar-refractivity contribution in [3.05, 3.63) is 30.1 Å². The monoisotopic (exact) mass is 211 g/mol. The zero-order chi connectivity index (χ0) is 9.26. The highest BCUT2D eigenvalue weighted by Gasteiger charge is 2.04. The Balaban J connectivity index is 0.000000980. The molecule has 0 saturated carbocycles. The SMILES string of the molecule is Cc1noc(-c2ccc(N)cc2)n1.Cl. The van der Waals surface area contributed by atoms with Crippen LogP contribution in [0.5, 0.6) is 0 Å². The third kappa shape index (κ3) is 2.03. The molecular weight excluding hydrogens is 202 g/mol. The van der Waals surface area contributed by atoms with E-state index in [2.05, 4.69) is 10.1 Å². The molecule has 1 aromatic heterocycles. The maximum Gasteiger partial charge on any atom is 0.257 e. The number of aryl methyl sites for hydroxylation is 1. The van der Waals surface area contributed by atoms with Crippen LogP contribution in [-0.2, 0) is 0 Å². The summed E-state index contributed by atoms with van der Waals surface area (Å²) in [5, 5.41) is 3.70. The van der Waals surface area contributed by atoms with Crippen molar-refractivity contribution in [1.82, 2.24) is 10.1 Å². The Morgan fingerprint density at radius 1 is 1.21 bits per heavy atom. The van der Waals surface area contributed by atoms with E-state index in [1.807, 2.05) is 12.1 Å². The Labute approximate surface area is 87.5 Å². The van der Waals surface area contributed by atoms with Crippen LogP contribution in [0.3, 0.4) is 0 Å². The number of hydrogen-bond donors (Lipinski definition) is 1. The quantitative estimate of drug-likeness (QED) is 0.734. The molecule has 74 valence electrons. The van der Waals surface area contributed by atoms with Crippen molar-refractivity contribution in [2.24, 2.45) is 0 Å². The molecule has 5 heteroatoms. The molecule has 0 amide bonds. The number of rotatable bonds is 1. The van der Waals surface area contributed by atoms with Crippen LogP contribution >= 0.6 is 12.4 Å². The van der Waals surface area contributed by atoms with Gasteiger partial charge in [0.05, 0.1) is 0 Å². The van der Waals surface area contributed by atoms with Crippen LogP contribution in [-0.4, -0.2) is 10.1 Å². The molecule has 0 aliphatic carbocycles. The Morgan fingerprint density at radius 2 is 1.86 bits per heavy atom. The van der Waals surface area contributed by atoms with E-state index in [1.54, 1.807) is 19.1 Å². The van der Waals surface area contributed by atoms with E-state index in [-0.39, 0.29) is 12.4 Å². The van der Waals surface area contributed by atoms with Crippen molar-refractivity contribution in [2.75, 3.05) is 5.73 Å². The van der Waals surface area contributed by atoms with Gasteiger partial charge in [0.25, 0.3) is 5.89 Å². The van der Waals surface area contributed by atoms with Gasteiger partial charge in [-0.25, -0.2) is 0 Å². The number of halogens is 1. The first kappa shape index (κ1) is 10.5. The van der Waals surface area contributed by atoms with Gasteiger partial charge in [0.1, 0.15) is 0 Å². The van der Waals surface area contributed by atoms with E-state index in [1.165, 1.54) is 0 Å². The first-order valence-electron chi connectivity index (χ1n) is 3.92. The zero-order valence-electron chi connectivity index (χ0n) is 7.60. The predicted octanol–water partition coefficient (Wildman–Crippen LogP) is 2.05. The largest absolute Gasteiger partial charge is 0.399 e. The number of nitrogen functional groups attached to an aromatic ring is 1. The lowest BCUT2D eigenvalue weighted by Gasteiger charge is -1.93. The molecule has 2 N–H and O–H groups in total. The third-order valence-corrected chi connectivity index (χ3v) is 1.69. The molecule has 2 rings (SSSR count). The van der Waals surface area contributed by atoms with Crippen molar-refractivity contribution in [3.63, 3.8) is 0 Å². The molecule has 2 aromatic rings. The van der Waals surface area contributed by atoms with E-state index < -0.39 is 0 Å². The second-order valence-corrected chi connectivity index (χ2v) is 2.77. The van der Waals surface area contributed by atoms with Gasteiger partial charge in [-0.3, -0.25) is 0 Å². The van der Waals surface area contributed by atoms with Crippen molar-refractivity contribution in [2.45, 2.75) is 6.92 Å². The minimum absolute atomic E-state index is 0. The molecule has 4 nitrogen and oxygen atoms in total. The maximum absolute atomic E-state index is 5.54. The highest BCUT2D eigenvalue weighted by atomic mass is 35.5. The first-order chi connectivity index (χ1) is 6.25. The predicted molar refractivity (Wildman–Crippen MR) is 56.1 cm³/mol. The Hall–Kier alpha value is -1.55. The average molecular weight is 212 g/mol. The Morgan fingerprint density at radius 3 is 2.36 bits per heavy atom. The van der Waals surface area contributed by atoms with Crippen molar-refractivity contribution >= 4 is 18.1 Å². The fraction of sp³-hybridized carbons (Fsp3) is 0.111. The lowest BCUT2D eigenvalue weighted by Crippen LogP contribution is -1.83. The number of aromatic nitrogens is 2. The molecule has 0 bridgehead atoms. The Bertz CT molecular complexity index is 410. The van der Waals surface area contributed by atoms with E-state index in [4.69, 9.17) is 10.3 Å². The summed E-state index contributed by atoms with van der Waals surface area (Å²) in [7, 11) is 0. The van der Waals surface area contributed by atoms with Crippen LogP contribution in [0.4, 0.5) is 5.69 Å². The van der Waals surface area contributed by atoms with Gasteiger partial charge < -0.3 is 10.3 Å². The van der Waals surface area contributed by atoms with Crippen molar-refractivity contribution in [3.8, 4) is 11.5 Å². The summed E-state index contributed by atoms with van der Waals surface area (Å²) in [4.78, 5) is 4.09. The van der Waals surface area contributed by atoms with E-state index >= 15 is 0 Å². The molecule has 0 radical (unpaired) electrons. The highest BCUT2D eigenvalue weighted by Crippen LogP contribution is 2.17. The summed E-state index contributed by atoms with van der Waals surface area (Å²) in [5.41, 5.74) is 7.15. The summed E-state index contributed by atoms with van der Waals surface area (Å²) in [6, 6.07) is 7.30. The van der Waals surface area contributed by atoms with Gasteiger partial charge in [0.15, 0.2) is 5.82 Å². The molecule has 14 heavy (non-hydrogen) atoms. The van der Waals surface area contributed by atoms with E-state index in [0.29, 0.717) is 11.7 Å². The minimum atomic E-state index is 0. The smallest absolute Gasteiger partial charge is 0.257 e. The summed E-state index contributed by atoms with van der Waals surface area (Å²) in [6.45, 7) is 1.78. The molecule has 0 saturated heterocycles. The lowest BCUT2D eigenvalue weighted by atomic mass is 10.2. The number of anilines is 1. The molecule has 0 aliphatic rings. The summed E-state index contributed by atoms with van der Waals surface area (Å²) in [6.07, 6.45) is 0. The lowest BCUT2D eigenvalue weighted by molar-refractivity contribution is 0.425. The molecule has 1 aromatic carbocycles. The second-order valence-electron chi connectivity index (χ2n) is 2.77. The van der Waals surface area contributed by atoms with Gasteiger partial charge in [0, 0.05) is 11.3 Å². The number of nitrogens with zero attached hydrogens (tertiary/aromatic N) is 2. The van der Waals surface area contributed by atoms with Crippen molar-refractivity contribution in [1.29, 1.82) is 0 Å². The molecule has 0 spiro atoms. The molecule has 0 aliphatic heterocycles. The summed E-state index contributed by atoms with van der Waals surface area (Å²) in [5.74, 6) is 1.16. The van der Waals surface area contributed by atoms with Crippen LogP contribution in [0.2, 0.25) is 0 Å². The normalized spacial score (nSPS) is 9.50. The fourth-order valence-corrected chi connectivity index (χ4v) is 1.04. The highest BCUT2D eigenvalue weighted by molar-refractivity contribution is 5.85. The van der Waals surface area contributed by atoms with Gasteiger partial charge in [-0.15, -0.1) is 12.4 Å². The van der Waals surface area contributed by atoms with E-state index in [9.17, 15) is 0 Å². The molecule has 1 heterocycles.